The number of hydrogen-bond acceptors (Lipinski definition) is 2. The molecule has 1 aromatic rings. The van der Waals surface area contributed by atoms with Gasteiger partial charge in [0, 0.05) is 29.8 Å². The van der Waals surface area contributed by atoms with Crippen molar-refractivity contribution >= 4 is 16.5 Å². The lowest BCUT2D eigenvalue weighted by molar-refractivity contribution is 0.686. The molecule has 0 saturated carbocycles. The van der Waals surface area contributed by atoms with Gasteiger partial charge in [0.1, 0.15) is 0 Å². The van der Waals surface area contributed by atoms with Gasteiger partial charge in [-0.3, -0.25) is 4.21 Å². The van der Waals surface area contributed by atoms with Gasteiger partial charge >= 0.3 is 0 Å². The highest BCUT2D eigenvalue weighted by Gasteiger charge is 2.00. The minimum Gasteiger partial charge on any atom is -0.388 e. The second kappa shape index (κ2) is 4.26. The fraction of sp³-hybridized carbons (Fsp3) is 0.333. The van der Waals surface area contributed by atoms with Gasteiger partial charge in [-0.25, -0.2) is 0 Å². The molecular weight excluding hydrogens is 170 g/mol. The van der Waals surface area contributed by atoms with Crippen LogP contribution in [0.2, 0.25) is 0 Å². The van der Waals surface area contributed by atoms with E-state index in [0.717, 1.165) is 11.3 Å². The van der Waals surface area contributed by atoms with Crippen molar-refractivity contribution in [3.8, 4) is 0 Å². The molecule has 1 unspecified atom stereocenters. The van der Waals surface area contributed by atoms with Crippen molar-refractivity contribution < 1.29 is 4.21 Å². The summed E-state index contributed by atoms with van der Waals surface area (Å²) in [6, 6.07) is 7.91. The van der Waals surface area contributed by atoms with E-state index in [4.69, 9.17) is 0 Å². The Labute approximate surface area is 75.5 Å². The molecule has 0 fully saturated rings. The van der Waals surface area contributed by atoms with Crippen LogP contribution in [0.25, 0.3) is 0 Å². The first-order valence-electron chi connectivity index (χ1n) is 3.79. The zero-order chi connectivity index (χ0) is 8.97. The van der Waals surface area contributed by atoms with Gasteiger partial charge in [0.15, 0.2) is 0 Å². The number of benzene rings is 1. The highest BCUT2D eigenvalue weighted by molar-refractivity contribution is 7.83. The molecule has 2 nitrogen and oxygen atoms in total. The summed E-state index contributed by atoms with van der Waals surface area (Å²) in [4.78, 5) is 0. The highest BCUT2D eigenvalue weighted by atomic mass is 32.2. The molecule has 0 amide bonds. The van der Waals surface area contributed by atoms with Gasteiger partial charge in [0.25, 0.3) is 0 Å². The summed E-state index contributed by atoms with van der Waals surface area (Å²) in [5, 5.41) is 3.07. The van der Waals surface area contributed by atoms with Crippen LogP contribution in [0.1, 0.15) is 5.56 Å². The third kappa shape index (κ3) is 2.34. The van der Waals surface area contributed by atoms with Crippen LogP contribution in [0.3, 0.4) is 0 Å². The fourth-order valence-electron chi connectivity index (χ4n) is 1.11. The van der Waals surface area contributed by atoms with Crippen LogP contribution in [-0.2, 0) is 16.6 Å². The molecule has 0 aliphatic carbocycles. The number of nitrogens with one attached hydrogen (secondary N) is 1. The minimum atomic E-state index is -0.768. The van der Waals surface area contributed by atoms with E-state index in [1.54, 1.807) is 6.26 Å². The Balaban J connectivity index is 2.89. The first-order chi connectivity index (χ1) is 5.74. The Kier molecular flexibility index (Phi) is 3.29. The quantitative estimate of drug-likeness (QED) is 0.771. The van der Waals surface area contributed by atoms with Gasteiger partial charge in [-0.05, 0) is 11.6 Å². The van der Waals surface area contributed by atoms with E-state index in [-0.39, 0.29) is 0 Å². The Morgan fingerprint density at radius 3 is 2.67 bits per heavy atom. The molecule has 12 heavy (non-hydrogen) atoms. The van der Waals surface area contributed by atoms with E-state index in [1.165, 1.54) is 0 Å². The monoisotopic (exact) mass is 183 g/mol. The van der Waals surface area contributed by atoms with E-state index >= 15 is 0 Å². The third-order valence-electron chi connectivity index (χ3n) is 1.65. The van der Waals surface area contributed by atoms with Crippen LogP contribution in [0.5, 0.6) is 0 Å². The van der Waals surface area contributed by atoms with E-state index in [2.05, 4.69) is 5.32 Å². The Bertz CT molecular complexity index is 286. The normalized spacial score (nSPS) is 12.5. The summed E-state index contributed by atoms with van der Waals surface area (Å²) in [6.07, 6.45) is 1.71. The molecule has 1 rings (SSSR count). The van der Waals surface area contributed by atoms with Gasteiger partial charge in [-0.2, -0.15) is 0 Å². The molecule has 66 valence electrons. The van der Waals surface area contributed by atoms with E-state index in [1.807, 2.05) is 31.3 Å². The summed E-state index contributed by atoms with van der Waals surface area (Å²) in [6.45, 7) is 0. The predicted molar refractivity (Wildman–Crippen MR) is 53.8 cm³/mol. The molecule has 1 N–H and O–H groups in total. The molecule has 0 saturated heterocycles. The standard InChI is InChI=1S/C9H13NOS/c1-10-9-6-4-3-5-8(9)7-12(2)11/h3-6,10H,7H2,1-2H3. The van der Waals surface area contributed by atoms with Crippen molar-refractivity contribution in [3.05, 3.63) is 29.8 Å². The van der Waals surface area contributed by atoms with Crippen LogP contribution >= 0.6 is 0 Å². The van der Waals surface area contributed by atoms with Gasteiger partial charge in [0.2, 0.25) is 0 Å². The predicted octanol–water partition coefficient (Wildman–Crippen LogP) is 1.61. The van der Waals surface area contributed by atoms with Crippen LogP contribution in [0.15, 0.2) is 24.3 Å². The van der Waals surface area contributed by atoms with Crippen molar-refractivity contribution in [2.45, 2.75) is 5.75 Å². The summed E-state index contributed by atoms with van der Waals surface area (Å²) in [5.74, 6) is 0.622. The smallest absolute Gasteiger partial charge is 0.0503 e. The van der Waals surface area contributed by atoms with Gasteiger partial charge < -0.3 is 5.32 Å². The van der Waals surface area contributed by atoms with Crippen molar-refractivity contribution in [1.29, 1.82) is 0 Å². The number of hydrogen-bond donors (Lipinski definition) is 1. The van der Waals surface area contributed by atoms with Crippen LogP contribution < -0.4 is 5.32 Å². The molecular formula is C9H13NOS. The Morgan fingerprint density at radius 2 is 2.08 bits per heavy atom. The molecule has 0 aromatic heterocycles. The number of anilines is 1. The second-order valence-electron chi connectivity index (χ2n) is 2.62. The second-order valence-corrected chi connectivity index (χ2v) is 4.06. The van der Waals surface area contributed by atoms with Crippen LogP contribution in [0.4, 0.5) is 5.69 Å². The summed E-state index contributed by atoms with van der Waals surface area (Å²) >= 11 is 0. The SMILES string of the molecule is CNc1ccccc1CS(C)=O. The van der Waals surface area contributed by atoms with Gasteiger partial charge in [-0.1, -0.05) is 18.2 Å². The van der Waals surface area contributed by atoms with E-state index in [9.17, 15) is 4.21 Å². The summed E-state index contributed by atoms with van der Waals surface area (Å²) in [5.41, 5.74) is 2.17. The Morgan fingerprint density at radius 1 is 1.42 bits per heavy atom. The lowest BCUT2D eigenvalue weighted by atomic mass is 10.2. The average Bonchev–Trinajstić information content (AvgIpc) is 2.04. The molecule has 0 bridgehead atoms. The summed E-state index contributed by atoms with van der Waals surface area (Å²) in [7, 11) is 1.10. The zero-order valence-electron chi connectivity index (χ0n) is 7.33. The lowest BCUT2D eigenvalue weighted by Crippen LogP contribution is -1.98. The minimum absolute atomic E-state index is 0.622. The maximum absolute atomic E-state index is 11.0. The molecule has 1 atom stereocenters. The molecule has 0 heterocycles. The molecule has 0 aliphatic heterocycles. The highest BCUT2D eigenvalue weighted by Crippen LogP contribution is 2.15. The van der Waals surface area contributed by atoms with Crippen LogP contribution in [-0.4, -0.2) is 17.5 Å². The molecule has 0 spiro atoms. The van der Waals surface area contributed by atoms with Crippen molar-refractivity contribution in [3.63, 3.8) is 0 Å². The topological polar surface area (TPSA) is 29.1 Å². The first kappa shape index (κ1) is 9.26. The van der Waals surface area contributed by atoms with Gasteiger partial charge in [-0.15, -0.1) is 0 Å². The van der Waals surface area contributed by atoms with Crippen LogP contribution in [0, 0.1) is 0 Å². The fourth-order valence-corrected chi connectivity index (χ4v) is 1.80. The maximum atomic E-state index is 11.0. The molecule has 3 heteroatoms. The van der Waals surface area contributed by atoms with Gasteiger partial charge in [0.05, 0.1) is 5.75 Å². The maximum Gasteiger partial charge on any atom is 0.0503 e. The lowest BCUT2D eigenvalue weighted by Gasteiger charge is -2.06. The van der Waals surface area contributed by atoms with E-state index < -0.39 is 10.8 Å². The zero-order valence-corrected chi connectivity index (χ0v) is 8.15. The largest absolute Gasteiger partial charge is 0.388 e. The van der Waals surface area contributed by atoms with Crippen molar-refractivity contribution in [2.75, 3.05) is 18.6 Å². The molecule has 0 aliphatic rings. The van der Waals surface area contributed by atoms with E-state index in [0.29, 0.717) is 5.75 Å². The Hall–Kier alpha value is -0.830. The number of para-hydroxylation sites is 1. The van der Waals surface area contributed by atoms with Crippen molar-refractivity contribution in [1.82, 2.24) is 0 Å². The first-order valence-corrected chi connectivity index (χ1v) is 5.52. The number of rotatable bonds is 3. The average molecular weight is 183 g/mol. The van der Waals surface area contributed by atoms with Crippen molar-refractivity contribution in [2.24, 2.45) is 0 Å². The molecule has 1 aromatic carbocycles. The molecule has 0 radical (unpaired) electrons. The summed E-state index contributed by atoms with van der Waals surface area (Å²) < 4.78 is 11.0. The third-order valence-corrected chi connectivity index (χ3v) is 2.36.